The molecule has 2 aromatic rings. The largest absolute Gasteiger partial charge is 0.494 e. The molecular formula is C22H23FN2O3. The van der Waals surface area contributed by atoms with Crippen molar-refractivity contribution >= 4 is 11.6 Å². The van der Waals surface area contributed by atoms with Gasteiger partial charge in [0.2, 0.25) is 5.91 Å². The van der Waals surface area contributed by atoms with Gasteiger partial charge in [0, 0.05) is 13.2 Å². The zero-order valence-corrected chi connectivity index (χ0v) is 15.8. The predicted octanol–water partition coefficient (Wildman–Crippen LogP) is 4.17. The van der Waals surface area contributed by atoms with Crippen molar-refractivity contribution in [2.75, 3.05) is 25.1 Å². The Morgan fingerprint density at radius 1 is 1.25 bits per heavy atom. The molecule has 1 saturated heterocycles. The number of hydrogen-bond donors (Lipinski definition) is 1. The molecule has 0 saturated carbocycles. The second-order valence-corrected chi connectivity index (χ2v) is 6.82. The minimum absolute atomic E-state index is 0.221. The number of halogens is 1. The van der Waals surface area contributed by atoms with Crippen molar-refractivity contribution < 1.29 is 18.7 Å². The Balaban J connectivity index is 1.88. The third-order valence-corrected chi connectivity index (χ3v) is 5.01. The number of nitrogens with zero attached hydrogens (tertiary/aromatic N) is 1. The molecule has 0 bridgehead atoms. The summed E-state index contributed by atoms with van der Waals surface area (Å²) in [4.78, 5) is 13.3. The molecular weight excluding hydrogens is 359 g/mol. The summed E-state index contributed by atoms with van der Waals surface area (Å²) in [5, 5.41) is 12.4. The SMILES string of the molecule is CCCOc1ccc(NC(=O)C2(c3ccc(F)cc3)CCOCC2)c(C#N)c1. The van der Waals surface area contributed by atoms with E-state index in [-0.39, 0.29) is 11.7 Å². The van der Waals surface area contributed by atoms with Gasteiger partial charge >= 0.3 is 0 Å². The highest BCUT2D eigenvalue weighted by atomic mass is 19.1. The van der Waals surface area contributed by atoms with Crippen LogP contribution in [0.3, 0.4) is 0 Å². The molecule has 0 spiro atoms. The quantitative estimate of drug-likeness (QED) is 0.814. The number of rotatable bonds is 6. The molecule has 0 unspecified atom stereocenters. The average Bonchev–Trinajstić information content (AvgIpc) is 2.73. The van der Waals surface area contributed by atoms with Gasteiger partial charge in [0.25, 0.3) is 0 Å². The van der Waals surface area contributed by atoms with Crippen LogP contribution in [0.15, 0.2) is 42.5 Å². The smallest absolute Gasteiger partial charge is 0.235 e. The van der Waals surface area contributed by atoms with Crippen molar-refractivity contribution in [3.05, 3.63) is 59.4 Å². The van der Waals surface area contributed by atoms with E-state index in [1.807, 2.05) is 6.92 Å². The molecule has 1 N–H and O–H groups in total. The van der Waals surface area contributed by atoms with Crippen molar-refractivity contribution in [3.8, 4) is 11.8 Å². The van der Waals surface area contributed by atoms with Crippen LogP contribution in [0.4, 0.5) is 10.1 Å². The van der Waals surface area contributed by atoms with Gasteiger partial charge in [-0.25, -0.2) is 4.39 Å². The fraction of sp³-hybridized carbons (Fsp3) is 0.364. The molecule has 0 atom stereocenters. The second-order valence-electron chi connectivity index (χ2n) is 6.82. The van der Waals surface area contributed by atoms with Crippen molar-refractivity contribution in [2.24, 2.45) is 0 Å². The number of amides is 1. The maximum absolute atomic E-state index is 13.4. The lowest BCUT2D eigenvalue weighted by atomic mass is 9.73. The van der Waals surface area contributed by atoms with Crippen molar-refractivity contribution in [3.63, 3.8) is 0 Å². The van der Waals surface area contributed by atoms with Gasteiger partial charge in [-0.1, -0.05) is 19.1 Å². The Kier molecular flexibility index (Phi) is 6.27. The average molecular weight is 382 g/mol. The third-order valence-electron chi connectivity index (χ3n) is 5.01. The molecule has 2 aromatic carbocycles. The van der Waals surface area contributed by atoms with Gasteiger partial charge in [-0.15, -0.1) is 0 Å². The number of carbonyl (C=O) groups is 1. The number of nitriles is 1. The molecule has 0 aromatic heterocycles. The van der Waals surface area contributed by atoms with Gasteiger partial charge in [-0.3, -0.25) is 4.79 Å². The van der Waals surface area contributed by atoms with E-state index in [1.165, 1.54) is 12.1 Å². The summed E-state index contributed by atoms with van der Waals surface area (Å²) in [6, 6.07) is 13.2. The van der Waals surface area contributed by atoms with E-state index >= 15 is 0 Å². The summed E-state index contributed by atoms with van der Waals surface area (Å²) < 4.78 is 24.4. The predicted molar refractivity (Wildman–Crippen MR) is 104 cm³/mol. The second kappa shape index (κ2) is 8.85. The molecule has 1 amide bonds. The first-order chi connectivity index (χ1) is 13.6. The monoisotopic (exact) mass is 382 g/mol. The maximum atomic E-state index is 13.4. The summed E-state index contributed by atoms with van der Waals surface area (Å²) in [6.45, 7) is 3.45. The van der Waals surface area contributed by atoms with Crippen LogP contribution in [0, 0.1) is 17.1 Å². The van der Waals surface area contributed by atoms with Crippen molar-refractivity contribution in [2.45, 2.75) is 31.6 Å². The highest BCUT2D eigenvalue weighted by Crippen LogP contribution is 2.37. The summed E-state index contributed by atoms with van der Waals surface area (Å²) in [7, 11) is 0. The van der Waals surface area contributed by atoms with Crippen LogP contribution >= 0.6 is 0 Å². The topological polar surface area (TPSA) is 71.3 Å². The van der Waals surface area contributed by atoms with Crippen molar-refractivity contribution in [1.29, 1.82) is 5.26 Å². The molecule has 5 nitrogen and oxygen atoms in total. The normalized spacial score (nSPS) is 15.5. The number of carbonyl (C=O) groups excluding carboxylic acids is 1. The van der Waals surface area contributed by atoms with Gasteiger partial charge in [-0.2, -0.15) is 5.26 Å². The fourth-order valence-corrected chi connectivity index (χ4v) is 3.41. The summed E-state index contributed by atoms with van der Waals surface area (Å²) in [5.74, 6) is 0.0256. The van der Waals surface area contributed by atoms with Crippen LogP contribution in [0.5, 0.6) is 5.75 Å². The number of anilines is 1. The Morgan fingerprint density at radius 3 is 2.61 bits per heavy atom. The van der Waals surface area contributed by atoms with E-state index < -0.39 is 5.41 Å². The summed E-state index contributed by atoms with van der Waals surface area (Å²) in [5.41, 5.74) is 0.694. The van der Waals surface area contributed by atoms with Gasteiger partial charge in [0.1, 0.15) is 17.6 Å². The van der Waals surface area contributed by atoms with Crippen LogP contribution in [0.1, 0.15) is 37.3 Å². The van der Waals surface area contributed by atoms with Crippen LogP contribution in [-0.2, 0) is 14.9 Å². The van der Waals surface area contributed by atoms with Gasteiger partial charge in [0.05, 0.1) is 23.3 Å². The van der Waals surface area contributed by atoms with E-state index in [1.54, 1.807) is 30.3 Å². The van der Waals surface area contributed by atoms with Crippen LogP contribution in [-0.4, -0.2) is 25.7 Å². The Labute approximate surface area is 164 Å². The minimum atomic E-state index is -0.823. The van der Waals surface area contributed by atoms with Gasteiger partial charge in [-0.05, 0) is 55.2 Å². The lowest BCUT2D eigenvalue weighted by Gasteiger charge is -2.36. The molecule has 1 heterocycles. The van der Waals surface area contributed by atoms with Crippen molar-refractivity contribution in [1.82, 2.24) is 0 Å². The highest BCUT2D eigenvalue weighted by Gasteiger charge is 2.42. The molecule has 146 valence electrons. The molecule has 3 rings (SSSR count). The standard InChI is InChI=1S/C22H23FN2O3/c1-2-11-28-19-7-8-20(16(14-19)15-24)25-21(26)22(9-12-27-13-10-22)17-3-5-18(23)6-4-17/h3-8,14H,2,9-13H2,1H3,(H,25,26). The number of nitrogens with one attached hydrogen (secondary N) is 1. The first kappa shape index (κ1) is 19.8. The van der Waals surface area contributed by atoms with E-state index in [0.717, 1.165) is 12.0 Å². The zero-order valence-electron chi connectivity index (χ0n) is 15.8. The van der Waals surface area contributed by atoms with E-state index in [2.05, 4.69) is 11.4 Å². The number of benzene rings is 2. The van der Waals surface area contributed by atoms with Crippen LogP contribution in [0.2, 0.25) is 0 Å². The first-order valence-corrected chi connectivity index (χ1v) is 9.41. The minimum Gasteiger partial charge on any atom is -0.494 e. The van der Waals surface area contributed by atoms with Crippen LogP contribution < -0.4 is 10.1 Å². The fourth-order valence-electron chi connectivity index (χ4n) is 3.41. The first-order valence-electron chi connectivity index (χ1n) is 9.41. The number of ether oxygens (including phenoxy) is 2. The lowest BCUT2D eigenvalue weighted by Crippen LogP contribution is -2.45. The maximum Gasteiger partial charge on any atom is 0.235 e. The lowest BCUT2D eigenvalue weighted by molar-refractivity contribution is -0.125. The number of hydrogen-bond acceptors (Lipinski definition) is 4. The molecule has 1 fully saturated rings. The third kappa shape index (κ3) is 4.15. The molecule has 6 heteroatoms. The van der Waals surface area contributed by atoms with Gasteiger partial charge in [0.15, 0.2) is 0 Å². The Hall–Kier alpha value is -2.91. The Morgan fingerprint density at radius 2 is 1.96 bits per heavy atom. The molecule has 1 aliphatic rings. The van der Waals surface area contributed by atoms with E-state index in [4.69, 9.17) is 9.47 Å². The molecule has 0 aliphatic carbocycles. The molecule has 0 radical (unpaired) electrons. The summed E-state index contributed by atoms with van der Waals surface area (Å²) in [6.07, 6.45) is 1.84. The highest BCUT2D eigenvalue weighted by molar-refractivity contribution is 6.00. The molecule has 1 aliphatic heterocycles. The van der Waals surface area contributed by atoms with E-state index in [0.29, 0.717) is 49.7 Å². The van der Waals surface area contributed by atoms with Crippen LogP contribution in [0.25, 0.3) is 0 Å². The van der Waals surface area contributed by atoms with E-state index in [9.17, 15) is 14.4 Å². The molecule has 28 heavy (non-hydrogen) atoms. The summed E-state index contributed by atoms with van der Waals surface area (Å²) >= 11 is 0. The zero-order chi connectivity index (χ0) is 20.0. The van der Waals surface area contributed by atoms with Gasteiger partial charge < -0.3 is 14.8 Å². The Bertz CT molecular complexity index is 868.